The van der Waals surface area contributed by atoms with E-state index >= 15 is 0 Å². The van der Waals surface area contributed by atoms with E-state index in [1.807, 2.05) is 71.9 Å². The Morgan fingerprint density at radius 3 is 2.21 bits per heavy atom. The summed E-state index contributed by atoms with van der Waals surface area (Å²) < 4.78 is 36.2. The molecule has 14 heteroatoms. The average Bonchev–Trinajstić information content (AvgIpc) is 3.30. The normalized spacial score (nSPS) is 39.2. The molecule has 2 N–H and O–H groups in total. The molecule has 68 heavy (non-hydrogen) atoms. The Hall–Kier alpha value is -3.37. The minimum absolute atomic E-state index is 0.0539. The molecule has 14 nitrogen and oxygen atoms in total. The number of ketones is 3. The number of fused-ring (bicyclic) bond motifs is 3. The molecule has 0 aromatic rings. The van der Waals surface area contributed by atoms with E-state index in [-0.39, 0.29) is 66.8 Å². The monoisotopic (exact) mass is 956 g/mol. The summed E-state index contributed by atoms with van der Waals surface area (Å²) in [6.07, 6.45) is 12.3. The number of amides is 1. The number of esters is 1. The first-order valence-corrected chi connectivity index (χ1v) is 25.3. The van der Waals surface area contributed by atoms with Crippen LogP contribution in [0.2, 0.25) is 0 Å². The summed E-state index contributed by atoms with van der Waals surface area (Å²) in [5, 5.41) is 22.5. The number of methoxy groups -OCH3 is 3. The van der Waals surface area contributed by atoms with Gasteiger partial charge in [-0.25, -0.2) is 4.79 Å². The summed E-state index contributed by atoms with van der Waals surface area (Å²) in [6, 6.07) is -1.13. The van der Waals surface area contributed by atoms with Crippen molar-refractivity contribution in [2.24, 2.45) is 35.5 Å². The van der Waals surface area contributed by atoms with Crippen LogP contribution in [-0.4, -0.2) is 133 Å². The zero-order valence-corrected chi connectivity index (χ0v) is 43.1. The molecule has 1 amide bonds. The zero-order valence-electron chi connectivity index (χ0n) is 43.1. The van der Waals surface area contributed by atoms with Crippen molar-refractivity contribution in [2.45, 2.75) is 200 Å². The van der Waals surface area contributed by atoms with Crippen LogP contribution < -0.4 is 0 Å². The molecule has 0 spiro atoms. The largest absolute Gasteiger partial charge is 0.460 e. The summed E-state index contributed by atoms with van der Waals surface area (Å²) in [6.45, 7) is 17.0. The first-order valence-electron chi connectivity index (χ1n) is 25.3. The molecule has 3 aliphatic heterocycles. The molecule has 0 radical (unpaired) electrons. The maximum absolute atomic E-state index is 14.5. The van der Waals surface area contributed by atoms with Gasteiger partial charge in [-0.1, -0.05) is 71.1 Å². The van der Waals surface area contributed by atoms with Gasteiger partial charge in [0, 0.05) is 58.5 Å². The number of nitrogens with zero attached hydrogens (tertiary/aromatic N) is 1. The quantitative estimate of drug-likeness (QED) is 0.138. The second-order valence-corrected chi connectivity index (χ2v) is 20.8. The number of carbonyl (C=O) groups excluding carboxylic acids is 5. The molecule has 15 atom stereocenters. The highest BCUT2D eigenvalue weighted by Gasteiger charge is 2.53. The zero-order chi connectivity index (χ0) is 50.5. The summed E-state index contributed by atoms with van der Waals surface area (Å²) in [5.74, 6) is -7.47. The van der Waals surface area contributed by atoms with Crippen LogP contribution in [0, 0.1) is 35.5 Å². The molecule has 0 aromatic carbocycles. The van der Waals surface area contributed by atoms with Crippen LogP contribution in [0.1, 0.15) is 139 Å². The van der Waals surface area contributed by atoms with E-state index in [1.165, 1.54) is 12.0 Å². The number of aliphatic hydroxyl groups excluding tert-OH is 1. The van der Waals surface area contributed by atoms with Crippen LogP contribution in [-0.2, 0) is 52.4 Å². The summed E-state index contributed by atoms with van der Waals surface area (Å²) >= 11 is 0. The van der Waals surface area contributed by atoms with Gasteiger partial charge in [0.05, 0.1) is 30.5 Å². The molecule has 0 unspecified atom stereocenters. The molecule has 2 bridgehead atoms. The SMILES string of the molecule is CO[C@H]1C[C@@H]2CC[C@@H](C)[C@@](O)(O2)C(=O)C(=O)N2CCCC[C@H]2C(=O)O[C@H]([C@H](C)C[C@@H]2CC[C@@H](O)[C@H](OC)C2)CC(=O)[C@H](C)/C=C(\C)[C@@H](OC(C)C)[C@@H](OC)C(=O)[C@H](C)C[C@H](C)/C=C/C=C/C=C/1C. The number of rotatable bonds is 8. The fraction of sp³-hybridized carbons (Fsp3) is 0.759. The van der Waals surface area contributed by atoms with E-state index < -0.39 is 77.9 Å². The lowest BCUT2D eigenvalue weighted by Gasteiger charge is -2.42. The van der Waals surface area contributed by atoms with Gasteiger partial charge in [-0.2, -0.15) is 0 Å². The Balaban J connectivity index is 1.75. The highest BCUT2D eigenvalue weighted by Crippen LogP contribution is 2.38. The first kappa shape index (κ1) is 57.2. The van der Waals surface area contributed by atoms with E-state index in [9.17, 15) is 34.2 Å². The first-order chi connectivity index (χ1) is 32.1. The Kier molecular flexibility index (Phi) is 22.5. The standard InChI is InChI=1S/C54H85NO13/c1-32(2)66-49-38(8)27-35(5)44(57)31-46(36(6)28-40-22-24-43(56)47(29-40)64-11)67-53(61)42-20-16-17-25-55(42)52(60)51(59)54(62)39(9)21-23-41(68-54)30-45(63-10)34(4)19-15-13-14-18-33(3)26-37(7)48(58)50(49)65-12/h13-15,18-19,27,32-33,35-37,39-43,45-47,49-50,56,62H,16-17,20-26,28-31H2,1-12H3/b15-13+,18-14+,34-19+,38-27+/t33-,35-,36-,37-,39-,40+,41+,42+,43-,45+,46+,47-,49-,50+,54-/m1/s1. The molecule has 4 rings (SSSR count). The van der Waals surface area contributed by atoms with Crippen LogP contribution >= 0.6 is 0 Å². The second kappa shape index (κ2) is 26.7. The lowest BCUT2D eigenvalue weighted by atomic mass is 9.78. The minimum atomic E-state index is -2.42. The Morgan fingerprint density at radius 1 is 0.824 bits per heavy atom. The number of Topliss-reactive ketones (excluding diaryl/α,β-unsaturated/α-hetero) is 3. The number of ether oxygens (including phenoxy) is 6. The predicted octanol–water partition coefficient (Wildman–Crippen LogP) is 7.61. The number of hydrogen-bond acceptors (Lipinski definition) is 13. The van der Waals surface area contributed by atoms with Crippen molar-refractivity contribution < 1.29 is 62.6 Å². The number of piperidine rings is 1. The summed E-state index contributed by atoms with van der Waals surface area (Å²) in [7, 11) is 4.66. The highest BCUT2D eigenvalue weighted by molar-refractivity contribution is 6.39. The molecule has 3 heterocycles. The minimum Gasteiger partial charge on any atom is -0.460 e. The van der Waals surface area contributed by atoms with Crippen molar-refractivity contribution in [3.8, 4) is 0 Å². The van der Waals surface area contributed by atoms with Crippen molar-refractivity contribution in [3.05, 3.63) is 47.6 Å². The molecular formula is C54H85NO13. The highest BCUT2D eigenvalue weighted by atomic mass is 16.6. The molecular weight excluding hydrogens is 871 g/mol. The number of carbonyl (C=O) groups is 5. The van der Waals surface area contributed by atoms with Gasteiger partial charge in [0.25, 0.3) is 11.7 Å². The molecule has 1 saturated carbocycles. The van der Waals surface area contributed by atoms with Gasteiger partial charge in [0.2, 0.25) is 5.79 Å². The van der Waals surface area contributed by atoms with Crippen LogP contribution in [0.3, 0.4) is 0 Å². The molecule has 1 aliphatic carbocycles. The van der Waals surface area contributed by atoms with Crippen LogP contribution in [0.4, 0.5) is 0 Å². The summed E-state index contributed by atoms with van der Waals surface area (Å²) in [4.78, 5) is 72.8. The van der Waals surface area contributed by atoms with E-state index in [1.54, 1.807) is 34.1 Å². The van der Waals surface area contributed by atoms with Gasteiger partial charge in [-0.05, 0) is 121 Å². The second-order valence-electron chi connectivity index (χ2n) is 20.8. The lowest BCUT2D eigenvalue weighted by molar-refractivity contribution is -0.265. The fourth-order valence-electron chi connectivity index (χ4n) is 10.6. The summed E-state index contributed by atoms with van der Waals surface area (Å²) in [5.41, 5.74) is 1.55. The van der Waals surface area contributed by atoms with Crippen LogP contribution in [0.15, 0.2) is 47.6 Å². The van der Waals surface area contributed by atoms with Gasteiger partial charge < -0.3 is 43.5 Å². The maximum Gasteiger partial charge on any atom is 0.329 e. The topological polar surface area (TPSA) is 184 Å². The third-order valence-electron chi connectivity index (χ3n) is 14.9. The van der Waals surface area contributed by atoms with Crippen molar-refractivity contribution >= 4 is 29.2 Å². The number of hydrogen-bond donors (Lipinski definition) is 2. The van der Waals surface area contributed by atoms with Crippen LogP contribution in [0.5, 0.6) is 0 Å². The van der Waals surface area contributed by atoms with Gasteiger partial charge in [0.1, 0.15) is 30.1 Å². The third-order valence-corrected chi connectivity index (χ3v) is 14.9. The number of cyclic esters (lactones) is 1. The molecule has 0 aromatic heterocycles. The molecule has 2 saturated heterocycles. The molecule has 3 fully saturated rings. The average molecular weight is 956 g/mol. The predicted molar refractivity (Wildman–Crippen MR) is 259 cm³/mol. The van der Waals surface area contributed by atoms with E-state index in [4.69, 9.17) is 28.4 Å². The Bertz CT molecular complexity index is 1820. The van der Waals surface area contributed by atoms with Crippen LogP contribution in [0.25, 0.3) is 0 Å². The van der Waals surface area contributed by atoms with Crippen molar-refractivity contribution in [2.75, 3.05) is 27.9 Å². The number of aliphatic hydroxyl groups is 2. The Labute approximate surface area is 406 Å². The van der Waals surface area contributed by atoms with Gasteiger partial charge in [-0.15, -0.1) is 0 Å². The van der Waals surface area contributed by atoms with E-state index in [0.717, 1.165) is 12.0 Å². The van der Waals surface area contributed by atoms with Crippen molar-refractivity contribution in [1.82, 2.24) is 4.90 Å². The molecule has 4 aliphatic rings. The molecule has 384 valence electrons. The third kappa shape index (κ3) is 15.3. The van der Waals surface area contributed by atoms with Crippen molar-refractivity contribution in [1.29, 1.82) is 0 Å². The van der Waals surface area contributed by atoms with Crippen molar-refractivity contribution in [3.63, 3.8) is 0 Å². The number of allylic oxidation sites excluding steroid dienone is 6. The Morgan fingerprint density at radius 2 is 1.54 bits per heavy atom. The van der Waals surface area contributed by atoms with Gasteiger partial charge in [-0.3, -0.25) is 19.2 Å². The smallest absolute Gasteiger partial charge is 0.329 e. The fourth-order valence-corrected chi connectivity index (χ4v) is 10.6. The van der Waals surface area contributed by atoms with Gasteiger partial charge >= 0.3 is 5.97 Å². The maximum atomic E-state index is 14.5. The van der Waals surface area contributed by atoms with E-state index in [0.29, 0.717) is 63.4 Å². The van der Waals surface area contributed by atoms with Gasteiger partial charge in [0.15, 0.2) is 5.78 Å². The van der Waals surface area contributed by atoms with E-state index in [2.05, 4.69) is 6.92 Å². The lowest BCUT2D eigenvalue weighted by Crippen LogP contribution is -2.61.